The zero-order valence-corrected chi connectivity index (χ0v) is 14.2. The second-order valence-electron chi connectivity index (χ2n) is 4.84. The summed E-state index contributed by atoms with van der Waals surface area (Å²) in [6.07, 6.45) is 0. The molecule has 0 saturated heterocycles. The molecule has 0 aliphatic carbocycles. The Hall–Kier alpha value is -1.92. The van der Waals surface area contributed by atoms with Gasteiger partial charge in [-0.2, -0.15) is 0 Å². The highest BCUT2D eigenvalue weighted by Crippen LogP contribution is 2.21. The van der Waals surface area contributed by atoms with Gasteiger partial charge in [0.25, 0.3) is 5.91 Å². The van der Waals surface area contributed by atoms with E-state index in [1.54, 1.807) is 13.2 Å². The van der Waals surface area contributed by atoms with Crippen molar-refractivity contribution >= 4 is 21.8 Å². The van der Waals surface area contributed by atoms with E-state index in [1.165, 1.54) is 12.1 Å². The molecule has 1 N–H and O–H groups in total. The monoisotopic (exact) mass is 381 g/mol. The highest BCUT2D eigenvalue weighted by atomic mass is 79.9. The Labute approximate surface area is 142 Å². The zero-order valence-electron chi connectivity index (χ0n) is 12.6. The number of nitrogens with one attached hydrogen (secondary N) is 1. The number of hydrogen-bond donors (Lipinski definition) is 1. The molecule has 0 bridgehead atoms. The third-order valence-electron chi connectivity index (χ3n) is 3.15. The fourth-order valence-electron chi connectivity index (χ4n) is 2.01. The average Bonchev–Trinajstić information content (AvgIpc) is 2.53. The van der Waals surface area contributed by atoms with E-state index in [2.05, 4.69) is 21.2 Å². The van der Waals surface area contributed by atoms with Crippen LogP contribution in [0.1, 0.15) is 11.1 Å². The van der Waals surface area contributed by atoms with Crippen LogP contribution < -0.4 is 10.1 Å². The predicted octanol–water partition coefficient (Wildman–Crippen LogP) is 3.43. The van der Waals surface area contributed by atoms with Crippen LogP contribution in [0.25, 0.3) is 0 Å². The van der Waals surface area contributed by atoms with E-state index in [-0.39, 0.29) is 18.3 Å². The summed E-state index contributed by atoms with van der Waals surface area (Å²) in [6.45, 7) is 0.599. The van der Waals surface area contributed by atoms with Crippen LogP contribution in [0.3, 0.4) is 0 Å². The van der Waals surface area contributed by atoms with Crippen LogP contribution >= 0.6 is 15.9 Å². The first-order valence-corrected chi connectivity index (χ1v) is 7.79. The highest BCUT2D eigenvalue weighted by Gasteiger charge is 2.08. The molecule has 0 radical (unpaired) electrons. The Morgan fingerprint density at radius 1 is 1.22 bits per heavy atom. The van der Waals surface area contributed by atoms with Crippen LogP contribution in [0, 0.1) is 5.82 Å². The lowest BCUT2D eigenvalue weighted by Gasteiger charge is -2.11. The number of rotatable bonds is 7. The van der Waals surface area contributed by atoms with Crippen molar-refractivity contribution in [1.29, 1.82) is 0 Å². The van der Waals surface area contributed by atoms with E-state index < -0.39 is 5.82 Å². The summed E-state index contributed by atoms with van der Waals surface area (Å²) in [5.74, 6) is -0.791. The van der Waals surface area contributed by atoms with Crippen LogP contribution in [0.5, 0.6) is 5.75 Å². The number of carbonyl (C=O) groups is 1. The van der Waals surface area contributed by atoms with Gasteiger partial charge < -0.3 is 14.8 Å². The second kappa shape index (κ2) is 8.64. The molecule has 2 aromatic carbocycles. The van der Waals surface area contributed by atoms with Gasteiger partial charge in [0, 0.05) is 18.1 Å². The van der Waals surface area contributed by atoms with Gasteiger partial charge >= 0.3 is 0 Å². The minimum atomic E-state index is -0.516. The van der Waals surface area contributed by atoms with Crippen molar-refractivity contribution in [1.82, 2.24) is 5.32 Å². The lowest BCUT2D eigenvalue weighted by atomic mass is 10.1. The van der Waals surface area contributed by atoms with Crippen LogP contribution in [-0.2, 0) is 22.7 Å². The number of carbonyl (C=O) groups excluding carboxylic acids is 1. The Bertz CT molecular complexity index is 679. The molecular formula is C17H17BrFNO3. The average molecular weight is 382 g/mol. The van der Waals surface area contributed by atoms with E-state index in [0.717, 1.165) is 11.1 Å². The Morgan fingerprint density at radius 2 is 1.96 bits per heavy atom. The van der Waals surface area contributed by atoms with E-state index in [0.29, 0.717) is 17.6 Å². The molecule has 0 atom stereocenters. The SMILES string of the molecule is COCc1ccccc1CNC(=O)COc1ccc(Br)cc1F. The summed E-state index contributed by atoms with van der Waals surface area (Å²) in [5.41, 5.74) is 1.98. The van der Waals surface area contributed by atoms with Crippen LogP contribution in [-0.4, -0.2) is 19.6 Å². The molecule has 0 aromatic heterocycles. The molecule has 0 heterocycles. The topological polar surface area (TPSA) is 47.6 Å². The lowest BCUT2D eigenvalue weighted by Crippen LogP contribution is -2.29. The zero-order chi connectivity index (χ0) is 16.7. The maximum Gasteiger partial charge on any atom is 0.258 e. The first kappa shape index (κ1) is 17.4. The van der Waals surface area contributed by atoms with Gasteiger partial charge in [-0.05, 0) is 29.3 Å². The van der Waals surface area contributed by atoms with Crippen molar-refractivity contribution in [3.8, 4) is 5.75 Å². The minimum Gasteiger partial charge on any atom is -0.481 e. The summed E-state index contributed by atoms with van der Waals surface area (Å²) in [6, 6.07) is 12.1. The number of methoxy groups -OCH3 is 1. The van der Waals surface area contributed by atoms with E-state index >= 15 is 0 Å². The lowest BCUT2D eigenvalue weighted by molar-refractivity contribution is -0.123. The van der Waals surface area contributed by atoms with Crippen molar-refractivity contribution in [2.45, 2.75) is 13.2 Å². The van der Waals surface area contributed by atoms with E-state index in [1.807, 2.05) is 24.3 Å². The van der Waals surface area contributed by atoms with Crippen LogP contribution in [0.2, 0.25) is 0 Å². The van der Waals surface area contributed by atoms with Crippen molar-refractivity contribution < 1.29 is 18.7 Å². The standard InChI is InChI=1S/C17H17BrFNO3/c1-22-10-13-5-3-2-4-12(13)9-20-17(21)11-23-16-7-6-14(18)8-15(16)19/h2-8H,9-11H2,1H3,(H,20,21). The van der Waals surface area contributed by atoms with Crippen molar-refractivity contribution in [3.05, 3.63) is 63.9 Å². The van der Waals surface area contributed by atoms with Gasteiger partial charge in [-0.15, -0.1) is 0 Å². The van der Waals surface area contributed by atoms with Crippen molar-refractivity contribution in [2.75, 3.05) is 13.7 Å². The molecule has 2 rings (SSSR count). The number of amides is 1. The summed E-state index contributed by atoms with van der Waals surface area (Å²) in [4.78, 5) is 11.8. The molecule has 6 heteroatoms. The fourth-order valence-corrected chi connectivity index (χ4v) is 2.34. The molecule has 1 amide bonds. The molecule has 0 spiro atoms. The normalized spacial score (nSPS) is 10.4. The molecule has 0 fully saturated rings. The Balaban J connectivity index is 1.86. The van der Waals surface area contributed by atoms with Gasteiger partial charge in [0.05, 0.1) is 6.61 Å². The second-order valence-corrected chi connectivity index (χ2v) is 5.76. The van der Waals surface area contributed by atoms with E-state index in [4.69, 9.17) is 9.47 Å². The quantitative estimate of drug-likeness (QED) is 0.798. The van der Waals surface area contributed by atoms with Gasteiger partial charge in [0.15, 0.2) is 18.2 Å². The van der Waals surface area contributed by atoms with Crippen molar-refractivity contribution in [2.24, 2.45) is 0 Å². The summed E-state index contributed by atoms with van der Waals surface area (Å²) < 4.78 is 24.5. The maximum absolute atomic E-state index is 13.6. The van der Waals surface area contributed by atoms with Gasteiger partial charge in [0.2, 0.25) is 0 Å². The molecule has 2 aromatic rings. The van der Waals surface area contributed by atoms with Gasteiger partial charge in [0.1, 0.15) is 0 Å². The Kier molecular flexibility index (Phi) is 6.55. The largest absolute Gasteiger partial charge is 0.481 e. The van der Waals surface area contributed by atoms with Gasteiger partial charge in [-0.25, -0.2) is 4.39 Å². The summed E-state index contributed by atoms with van der Waals surface area (Å²) in [7, 11) is 1.62. The molecule has 0 saturated carbocycles. The smallest absolute Gasteiger partial charge is 0.258 e. The number of ether oxygens (including phenoxy) is 2. The van der Waals surface area contributed by atoms with Crippen LogP contribution in [0.15, 0.2) is 46.9 Å². The maximum atomic E-state index is 13.6. The highest BCUT2D eigenvalue weighted by molar-refractivity contribution is 9.10. The molecule has 0 aliphatic rings. The molecule has 122 valence electrons. The molecular weight excluding hydrogens is 365 g/mol. The Morgan fingerprint density at radius 3 is 2.65 bits per heavy atom. The van der Waals surface area contributed by atoms with E-state index in [9.17, 15) is 9.18 Å². The first-order valence-electron chi connectivity index (χ1n) is 7.00. The van der Waals surface area contributed by atoms with Crippen molar-refractivity contribution in [3.63, 3.8) is 0 Å². The van der Waals surface area contributed by atoms with Gasteiger partial charge in [-0.3, -0.25) is 4.79 Å². The molecule has 4 nitrogen and oxygen atoms in total. The third kappa shape index (κ3) is 5.33. The molecule has 0 aliphatic heterocycles. The third-order valence-corrected chi connectivity index (χ3v) is 3.64. The van der Waals surface area contributed by atoms with Gasteiger partial charge in [-0.1, -0.05) is 40.2 Å². The summed E-state index contributed by atoms with van der Waals surface area (Å²) in [5, 5.41) is 2.75. The van der Waals surface area contributed by atoms with Crippen LogP contribution in [0.4, 0.5) is 4.39 Å². The minimum absolute atomic E-state index is 0.0446. The summed E-state index contributed by atoms with van der Waals surface area (Å²) >= 11 is 3.16. The molecule has 23 heavy (non-hydrogen) atoms. The number of benzene rings is 2. The number of hydrogen-bond acceptors (Lipinski definition) is 3. The number of halogens is 2. The molecule has 0 unspecified atom stereocenters. The fraction of sp³-hybridized carbons (Fsp3) is 0.235. The predicted molar refractivity (Wildman–Crippen MR) is 88.6 cm³/mol. The first-order chi connectivity index (χ1) is 11.1.